The number of hydrogen-bond donors (Lipinski definition) is 1. The van der Waals surface area contributed by atoms with Gasteiger partial charge in [-0.1, -0.05) is 6.92 Å². The third-order valence-corrected chi connectivity index (χ3v) is 2.59. The number of nitrogens with zero attached hydrogens (tertiary/aromatic N) is 2. The summed E-state index contributed by atoms with van der Waals surface area (Å²) in [5, 5.41) is 7.58. The van der Waals surface area contributed by atoms with Crippen LogP contribution in [-0.2, 0) is 13.5 Å². The van der Waals surface area contributed by atoms with E-state index in [1.807, 2.05) is 24.0 Å². The topological polar surface area (TPSA) is 29.9 Å². The monoisotopic (exact) mass is 205 g/mol. The van der Waals surface area contributed by atoms with Gasteiger partial charge in [0, 0.05) is 44.4 Å². The minimum absolute atomic E-state index is 0.447. The SMILES string of the molecule is C#CCC(CC)NCCc1ccnn1C. The van der Waals surface area contributed by atoms with Crippen LogP contribution >= 0.6 is 0 Å². The molecule has 0 aliphatic heterocycles. The largest absolute Gasteiger partial charge is 0.313 e. The number of hydrogen-bond acceptors (Lipinski definition) is 2. The van der Waals surface area contributed by atoms with Gasteiger partial charge in [-0.25, -0.2) is 0 Å². The van der Waals surface area contributed by atoms with Gasteiger partial charge in [-0.15, -0.1) is 12.3 Å². The Labute approximate surface area is 91.9 Å². The lowest BCUT2D eigenvalue weighted by atomic mass is 10.1. The maximum absolute atomic E-state index is 5.29. The first kappa shape index (κ1) is 11.8. The Morgan fingerprint density at radius 2 is 2.47 bits per heavy atom. The Kier molecular flexibility index (Phi) is 4.92. The smallest absolute Gasteiger partial charge is 0.0492 e. The lowest BCUT2D eigenvalue weighted by Gasteiger charge is -2.13. The Morgan fingerprint density at radius 1 is 1.67 bits per heavy atom. The first-order chi connectivity index (χ1) is 7.27. The molecule has 0 spiro atoms. The van der Waals surface area contributed by atoms with Crippen molar-refractivity contribution >= 4 is 0 Å². The quantitative estimate of drug-likeness (QED) is 0.711. The molecule has 1 rings (SSSR count). The molecule has 0 aromatic carbocycles. The fraction of sp³-hybridized carbons (Fsp3) is 0.583. The standard InChI is InChI=1S/C12H19N3/c1-4-6-11(5-2)13-9-7-12-8-10-14-15(12)3/h1,8,10-11,13H,5-7,9H2,2-3H3. The Bertz CT molecular complexity index is 322. The molecular formula is C12H19N3. The number of aromatic nitrogens is 2. The minimum Gasteiger partial charge on any atom is -0.313 e. The maximum atomic E-state index is 5.29. The van der Waals surface area contributed by atoms with Gasteiger partial charge in [0.25, 0.3) is 0 Å². The molecule has 1 atom stereocenters. The van der Waals surface area contributed by atoms with E-state index < -0.39 is 0 Å². The average Bonchev–Trinajstić information content (AvgIpc) is 2.63. The van der Waals surface area contributed by atoms with Gasteiger partial charge >= 0.3 is 0 Å². The molecule has 0 aliphatic carbocycles. The molecule has 0 aliphatic rings. The summed E-state index contributed by atoms with van der Waals surface area (Å²) in [6.07, 6.45) is 10.0. The molecule has 0 radical (unpaired) electrons. The van der Waals surface area contributed by atoms with Crippen molar-refractivity contribution < 1.29 is 0 Å². The van der Waals surface area contributed by atoms with E-state index in [-0.39, 0.29) is 0 Å². The van der Waals surface area contributed by atoms with Gasteiger partial charge in [-0.3, -0.25) is 4.68 Å². The van der Waals surface area contributed by atoms with Crippen LogP contribution in [0.15, 0.2) is 12.3 Å². The first-order valence-electron chi connectivity index (χ1n) is 5.41. The van der Waals surface area contributed by atoms with Crippen LogP contribution in [0.2, 0.25) is 0 Å². The normalized spacial score (nSPS) is 12.3. The summed E-state index contributed by atoms with van der Waals surface area (Å²) < 4.78 is 1.91. The molecule has 15 heavy (non-hydrogen) atoms. The molecule has 0 amide bonds. The fourth-order valence-electron chi connectivity index (χ4n) is 1.55. The van der Waals surface area contributed by atoms with E-state index in [1.165, 1.54) is 5.69 Å². The van der Waals surface area contributed by atoms with Crippen molar-refractivity contribution in [3.8, 4) is 12.3 Å². The van der Waals surface area contributed by atoms with Crippen molar-refractivity contribution in [2.45, 2.75) is 32.2 Å². The predicted molar refractivity (Wildman–Crippen MR) is 62.4 cm³/mol. The van der Waals surface area contributed by atoms with E-state index in [0.29, 0.717) is 6.04 Å². The van der Waals surface area contributed by atoms with Gasteiger partial charge in [0.2, 0.25) is 0 Å². The molecule has 1 aromatic rings. The molecule has 0 saturated heterocycles. The van der Waals surface area contributed by atoms with Crippen molar-refractivity contribution in [3.05, 3.63) is 18.0 Å². The average molecular weight is 205 g/mol. The Hall–Kier alpha value is -1.27. The highest BCUT2D eigenvalue weighted by atomic mass is 15.3. The highest BCUT2D eigenvalue weighted by Gasteiger charge is 2.03. The molecule has 1 heterocycles. The summed E-state index contributed by atoms with van der Waals surface area (Å²) in [6.45, 7) is 3.11. The Morgan fingerprint density at radius 3 is 3.00 bits per heavy atom. The molecule has 3 nitrogen and oxygen atoms in total. The van der Waals surface area contributed by atoms with Crippen LogP contribution in [0.4, 0.5) is 0 Å². The van der Waals surface area contributed by atoms with Crippen LogP contribution in [0, 0.1) is 12.3 Å². The lowest BCUT2D eigenvalue weighted by molar-refractivity contribution is 0.505. The summed E-state index contributed by atoms with van der Waals surface area (Å²) in [5.41, 5.74) is 1.25. The first-order valence-corrected chi connectivity index (χ1v) is 5.41. The van der Waals surface area contributed by atoms with Gasteiger partial charge in [-0.05, 0) is 12.5 Å². The second kappa shape index (κ2) is 6.26. The van der Waals surface area contributed by atoms with Gasteiger partial charge in [-0.2, -0.15) is 5.10 Å². The highest BCUT2D eigenvalue weighted by molar-refractivity contribution is 5.00. The molecule has 82 valence electrons. The number of terminal acetylenes is 1. The third-order valence-electron chi connectivity index (χ3n) is 2.59. The molecule has 1 N–H and O–H groups in total. The van der Waals surface area contributed by atoms with E-state index in [9.17, 15) is 0 Å². The third kappa shape index (κ3) is 3.77. The minimum atomic E-state index is 0.447. The molecular weight excluding hydrogens is 186 g/mol. The number of rotatable bonds is 6. The summed E-state index contributed by atoms with van der Waals surface area (Å²) >= 11 is 0. The summed E-state index contributed by atoms with van der Waals surface area (Å²) in [7, 11) is 1.97. The van der Waals surface area contributed by atoms with Gasteiger partial charge in [0.15, 0.2) is 0 Å². The number of aryl methyl sites for hydroxylation is 1. The van der Waals surface area contributed by atoms with Crippen LogP contribution in [0.3, 0.4) is 0 Å². The molecule has 0 saturated carbocycles. The second-order valence-corrected chi connectivity index (χ2v) is 3.66. The van der Waals surface area contributed by atoms with Gasteiger partial charge < -0.3 is 5.32 Å². The van der Waals surface area contributed by atoms with E-state index in [1.54, 1.807) is 0 Å². The second-order valence-electron chi connectivity index (χ2n) is 3.66. The van der Waals surface area contributed by atoms with Crippen molar-refractivity contribution in [2.24, 2.45) is 7.05 Å². The van der Waals surface area contributed by atoms with Crippen LogP contribution in [-0.4, -0.2) is 22.4 Å². The number of nitrogens with one attached hydrogen (secondary N) is 1. The molecule has 1 aromatic heterocycles. The van der Waals surface area contributed by atoms with Crippen LogP contribution < -0.4 is 5.32 Å². The van der Waals surface area contributed by atoms with Gasteiger partial charge in [0.05, 0.1) is 0 Å². The van der Waals surface area contributed by atoms with Crippen molar-refractivity contribution in [1.82, 2.24) is 15.1 Å². The molecule has 0 bridgehead atoms. The van der Waals surface area contributed by atoms with E-state index in [2.05, 4.69) is 23.3 Å². The Balaban J connectivity index is 2.27. The van der Waals surface area contributed by atoms with Crippen LogP contribution in [0.25, 0.3) is 0 Å². The zero-order valence-electron chi connectivity index (χ0n) is 9.53. The van der Waals surface area contributed by atoms with Gasteiger partial charge in [0.1, 0.15) is 0 Å². The molecule has 3 heteroatoms. The molecule has 0 fully saturated rings. The van der Waals surface area contributed by atoms with E-state index in [4.69, 9.17) is 6.42 Å². The van der Waals surface area contributed by atoms with Crippen LogP contribution in [0.1, 0.15) is 25.5 Å². The predicted octanol–water partition coefficient (Wildman–Crippen LogP) is 1.35. The van der Waals surface area contributed by atoms with E-state index in [0.717, 1.165) is 25.8 Å². The summed E-state index contributed by atoms with van der Waals surface area (Å²) in [6, 6.07) is 2.49. The molecule has 1 unspecified atom stereocenters. The maximum Gasteiger partial charge on any atom is 0.0492 e. The van der Waals surface area contributed by atoms with Crippen molar-refractivity contribution in [3.63, 3.8) is 0 Å². The lowest BCUT2D eigenvalue weighted by Crippen LogP contribution is -2.30. The van der Waals surface area contributed by atoms with Crippen molar-refractivity contribution in [1.29, 1.82) is 0 Å². The fourth-order valence-corrected chi connectivity index (χ4v) is 1.55. The van der Waals surface area contributed by atoms with E-state index >= 15 is 0 Å². The van der Waals surface area contributed by atoms with Crippen molar-refractivity contribution in [2.75, 3.05) is 6.54 Å². The summed E-state index contributed by atoms with van der Waals surface area (Å²) in [4.78, 5) is 0. The van der Waals surface area contributed by atoms with Crippen LogP contribution in [0.5, 0.6) is 0 Å². The summed E-state index contributed by atoms with van der Waals surface area (Å²) in [5.74, 6) is 2.69. The highest BCUT2D eigenvalue weighted by Crippen LogP contribution is 1.99. The zero-order chi connectivity index (χ0) is 11.1. The zero-order valence-corrected chi connectivity index (χ0v) is 9.53.